The topological polar surface area (TPSA) is 0 Å². The van der Waals surface area contributed by atoms with Crippen LogP contribution < -0.4 is 0 Å². The van der Waals surface area contributed by atoms with Crippen LogP contribution in [0, 0.1) is 0 Å². The SMILES string of the molecule is [Fe].[Nb].[S]=[Co]. The average Bonchev–Trinajstić information content (AvgIpc) is 1.00. The van der Waals surface area contributed by atoms with E-state index in [0.29, 0.717) is 0 Å². The van der Waals surface area contributed by atoms with Gasteiger partial charge in [0.1, 0.15) is 0 Å². The van der Waals surface area contributed by atoms with E-state index in [0.717, 1.165) is 0 Å². The molecule has 0 aliphatic rings. The molecule has 0 spiro atoms. The molecule has 0 fully saturated rings. The van der Waals surface area contributed by atoms with Crippen LogP contribution in [0.1, 0.15) is 0 Å². The van der Waals surface area contributed by atoms with Crippen molar-refractivity contribution in [2.45, 2.75) is 0 Å². The zero-order valence-corrected chi connectivity index (χ0v) is 6.70. The van der Waals surface area contributed by atoms with Crippen molar-refractivity contribution in [3.63, 3.8) is 0 Å². The molecular formula is CoFeNbS. The molecule has 0 saturated carbocycles. The van der Waals surface area contributed by atoms with Crippen LogP contribution in [0.5, 0.6) is 0 Å². The van der Waals surface area contributed by atoms with Gasteiger partial charge < -0.3 is 0 Å². The van der Waals surface area contributed by atoms with Gasteiger partial charge in [0, 0.05) is 39.4 Å². The minimum atomic E-state index is 0. The minimum absolute atomic E-state index is 0. The van der Waals surface area contributed by atoms with Gasteiger partial charge in [-0.1, -0.05) is 0 Å². The summed E-state index contributed by atoms with van der Waals surface area (Å²) in [6, 6.07) is 0. The van der Waals surface area contributed by atoms with E-state index < -0.39 is 0 Å². The Hall–Kier alpha value is 1.99. The first kappa shape index (κ1) is 16.7. The molecule has 0 aromatic rings. The van der Waals surface area contributed by atoms with E-state index in [1.807, 2.05) is 0 Å². The molecule has 28 valence electrons. The van der Waals surface area contributed by atoms with E-state index in [2.05, 4.69) is 24.7 Å². The quantitative estimate of drug-likeness (QED) is 0.560. The van der Waals surface area contributed by atoms with E-state index in [9.17, 15) is 0 Å². The molecule has 0 aromatic carbocycles. The molecule has 0 saturated heterocycles. The molecule has 0 rings (SSSR count). The third-order valence-corrected chi connectivity index (χ3v) is 0. The van der Waals surface area contributed by atoms with E-state index >= 15 is 0 Å². The van der Waals surface area contributed by atoms with Crippen LogP contribution in [0.25, 0.3) is 0 Å². The third-order valence-electron chi connectivity index (χ3n) is 0. The number of rotatable bonds is 0. The molecule has 0 aliphatic carbocycles. The summed E-state index contributed by atoms with van der Waals surface area (Å²) in [5.74, 6) is 0. The average molecular weight is 240 g/mol. The summed E-state index contributed by atoms with van der Waals surface area (Å²) in [6.45, 7) is 0. The molecule has 1 radical (unpaired) electrons. The Bertz CT molecular complexity index is 8.00. The standard InChI is InChI=1S/Co.Fe.Nb.S. The van der Waals surface area contributed by atoms with Gasteiger partial charge in [-0.05, 0) is 0 Å². The Balaban J connectivity index is -0.00000000500. The second-order valence-electron chi connectivity index (χ2n) is 0. The molecule has 0 aromatic heterocycles. The van der Waals surface area contributed by atoms with Gasteiger partial charge in [0.2, 0.25) is 0 Å². The van der Waals surface area contributed by atoms with E-state index in [-0.39, 0.29) is 39.4 Å². The molecule has 4 heavy (non-hydrogen) atoms. The Labute approximate surface area is 63.6 Å². The number of hydrogen-bond acceptors (Lipinski definition) is 1. The molecule has 0 bridgehead atoms. The maximum absolute atomic E-state index is 3.77. The zero-order chi connectivity index (χ0) is 2.00. The van der Waals surface area contributed by atoms with Crippen LogP contribution in [-0.2, 0) is 53.6 Å². The molecule has 0 unspecified atom stereocenters. The third kappa shape index (κ3) is 9.01. The molecule has 4 heteroatoms. The summed E-state index contributed by atoms with van der Waals surface area (Å²) in [6.07, 6.45) is 0. The van der Waals surface area contributed by atoms with Gasteiger partial charge in [0.05, 0.1) is 0 Å². The Morgan fingerprint density at radius 1 is 1.25 bits per heavy atom. The van der Waals surface area contributed by atoms with Crippen LogP contribution in [0.15, 0.2) is 0 Å². The van der Waals surface area contributed by atoms with Crippen molar-refractivity contribution < 1.29 is 53.6 Å². The van der Waals surface area contributed by atoms with Crippen LogP contribution >= 0.6 is 10.6 Å². The first-order chi connectivity index (χ1) is 1.00. The summed E-state index contributed by atoms with van der Waals surface area (Å²) >= 11 is 3.15. The first-order valence-corrected chi connectivity index (χ1v) is 1.68. The van der Waals surface area contributed by atoms with Crippen molar-refractivity contribution in [1.29, 1.82) is 0 Å². The summed E-state index contributed by atoms with van der Waals surface area (Å²) in [7, 11) is 3.77. The van der Waals surface area contributed by atoms with E-state index in [1.54, 1.807) is 0 Å². The monoisotopic (exact) mass is 240 g/mol. The normalized spacial score (nSPS) is 1.25. The summed E-state index contributed by atoms with van der Waals surface area (Å²) < 4.78 is 0. The summed E-state index contributed by atoms with van der Waals surface area (Å²) in [5.41, 5.74) is 0. The van der Waals surface area contributed by atoms with Gasteiger partial charge in [-0.25, -0.2) is 0 Å². The van der Waals surface area contributed by atoms with Crippen molar-refractivity contribution >= 4 is 10.6 Å². The summed E-state index contributed by atoms with van der Waals surface area (Å²) in [5, 5.41) is 0. The molecule has 0 N–H and O–H groups in total. The van der Waals surface area contributed by atoms with Gasteiger partial charge >= 0.3 is 24.7 Å². The van der Waals surface area contributed by atoms with Crippen molar-refractivity contribution in [2.24, 2.45) is 0 Å². The fraction of sp³-hybridized carbons (Fsp3) is 0. The predicted molar refractivity (Wildman–Crippen MR) is 7.59 cm³/mol. The fourth-order valence-corrected chi connectivity index (χ4v) is 0. The molecule has 0 atom stereocenters. The Morgan fingerprint density at radius 2 is 1.25 bits per heavy atom. The second-order valence-corrected chi connectivity index (χ2v) is 0. The van der Waals surface area contributed by atoms with Gasteiger partial charge in [-0.2, -0.15) is 0 Å². The Kier molecular flexibility index (Phi) is 83.8. The molecule has 0 heterocycles. The van der Waals surface area contributed by atoms with Crippen molar-refractivity contribution in [3.05, 3.63) is 0 Å². The van der Waals surface area contributed by atoms with Crippen molar-refractivity contribution in [1.82, 2.24) is 0 Å². The Morgan fingerprint density at radius 3 is 1.25 bits per heavy atom. The van der Waals surface area contributed by atoms with Crippen LogP contribution in [0.4, 0.5) is 0 Å². The van der Waals surface area contributed by atoms with Crippen LogP contribution in [-0.4, -0.2) is 0 Å². The number of hydrogen-bond donors (Lipinski definition) is 0. The maximum atomic E-state index is 3.77. The van der Waals surface area contributed by atoms with Crippen LogP contribution in [0.2, 0.25) is 0 Å². The van der Waals surface area contributed by atoms with Gasteiger partial charge in [-0.15, -0.1) is 0 Å². The molecular weight excluding hydrogens is 240 g/mol. The zero-order valence-electron chi connectivity index (χ0n) is 1.54. The van der Waals surface area contributed by atoms with E-state index in [4.69, 9.17) is 0 Å². The first-order valence-electron chi connectivity index (χ1n) is 0.136. The molecule has 0 amide bonds. The summed E-state index contributed by atoms with van der Waals surface area (Å²) in [4.78, 5) is 0. The fourth-order valence-electron chi connectivity index (χ4n) is 0. The predicted octanol–water partition coefficient (Wildman–Crippen LogP) is 0.641. The van der Waals surface area contributed by atoms with Gasteiger partial charge in [0.25, 0.3) is 0 Å². The van der Waals surface area contributed by atoms with Gasteiger partial charge in [-0.3, -0.25) is 0 Å². The van der Waals surface area contributed by atoms with Crippen molar-refractivity contribution in [2.75, 3.05) is 0 Å². The molecule has 0 nitrogen and oxygen atoms in total. The van der Waals surface area contributed by atoms with Crippen LogP contribution in [0.3, 0.4) is 0 Å². The van der Waals surface area contributed by atoms with Gasteiger partial charge in [0.15, 0.2) is 0 Å². The second kappa shape index (κ2) is 20.1. The van der Waals surface area contributed by atoms with E-state index in [1.165, 1.54) is 0 Å². The van der Waals surface area contributed by atoms with Crippen molar-refractivity contribution in [3.8, 4) is 0 Å². The molecule has 0 aliphatic heterocycles.